The molecule has 0 unspecified atom stereocenters. The molecule has 2 saturated heterocycles. The van der Waals surface area contributed by atoms with E-state index in [0.29, 0.717) is 32.5 Å². The first-order valence-corrected chi connectivity index (χ1v) is 9.84. The average molecular weight is 383 g/mol. The Morgan fingerprint density at radius 2 is 1.44 bits per heavy atom. The monoisotopic (exact) mass is 382 g/mol. The zero-order valence-electron chi connectivity index (χ0n) is 17.2. The van der Waals surface area contributed by atoms with Crippen LogP contribution in [-0.2, 0) is 14.3 Å². The van der Waals surface area contributed by atoms with Crippen LogP contribution < -0.4 is 16.0 Å². The fourth-order valence-corrected chi connectivity index (χ4v) is 4.35. The van der Waals surface area contributed by atoms with Gasteiger partial charge in [-0.25, -0.2) is 4.79 Å². The summed E-state index contributed by atoms with van der Waals surface area (Å²) in [6.07, 6.45) is 2.45. The van der Waals surface area contributed by atoms with Crippen LogP contribution in [0.5, 0.6) is 0 Å². The van der Waals surface area contributed by atoms with E-state index in [4.69, 9.17) is 4.74 Å². The molecule has 2 aliphatic heterocycles. The van der Waals surface area contributed by atoms with Crippen molar-refractivity contribution in [2.24, 2.45) is 0 Å². The van der Waals surface area contributed by atoms with Crippen LogP contribution in [0.4, 0.5) is 4.79 Å². The van der Waals surface area contributed by atoms with Gasteiger partial charge in [0.25, 0.3) is 0 Å². The minimum absolute atomic E-state index is 0.0415. The van der Waals surface area contributed by atoms with Crippen LogP contribution in [0.3, 0.4) is 0 Å². The molecule has 2 heterocycles. The first kappa shape index (κ1) is 21.5. The second-order valence-electron chi connectivity index (χ2n) is 8.91. The standard InChI is InChI=1S/C19H34N4O4/c1-6-27-17(26)23-9-7-13(8-10-23)20-15(24)16(25)21-14-11-18(2,3)22-19(4,5)12-14/h13-14,22H,6-12H2,1-5H3,(H,20,24)(H,21,25). The van der Waals surface area contributed by atoms with Crippen LogP contribution in [0.25, 0.3) is 0 Å². The lowest BCUT2D eigenvalue weighted by Crippen LogP contribution is -2.63. The molecule has 0 aliphatic carbocycles. The summed E-state index contributed by atoms with van der Waals surface area (Å²) in [4.78, 5) is 38.0. The van der Waals surface area contributed by atoms with Crippen molar-refractivity contribution in [1.82, 2.24) is 20.9 Å². The molecule has 2 aliphatic rings. The van der Waals surface area contributed by atoms with Crippen LogP contribution in [0.2, 0.25) is 0 Å². The zero-order valence-corrected chi connectivity index (χ0v) is 17.2. The van der Waals surface area contributed by atoms with Gasteiger partial charge < -0.3 is 25.6 Å². The number of hydrogen-bond donors (Lipinski definition) is 3. The third-order valence-corrected chi connectivity index (χ3v) is 5.09. The van der Waals surface area contributed by atoms with E-state index >= 15 is 0 Å². The van der Waals surface area contributed by atoms with Gasteiger partial charge in [-0.1, -0.05) is 0 Å². The molecule has 2 fully saturated rings. The van der Waals surface area contributed by atoms with Crippen molar-refractivity contribution in [3.63, 3.8) is 0 Å². The summed E-state index contributed by atoms with van der Waals surface area (Å²) >= 11 is 0. The number of ether oxygens (including phenoxy) is 1. The molecular formula is C19H34N4O4. The summed E-state index contributed by atoms with van der Waals surface area (Å²) in [6.45, 7) is 11.6. The second-order valence-corrected chi connectivity index (χ2v) is 8.91. The van der Waals surface area contributed by atoms with Crippen molar-refractivity contribution in [3.05, 3.63) is 0 Å². The molecule has 0 bridgehead atoms. The van der Waals surface area contributed by atoms with Gasteiger partial charge in [-0.3, -0.25) is 9.59 Å². The maximum Gasteiger partial charge on any atom is 0.409 e. The predicted octanol–water partition coefficient (Wildman–Crippen LogP) is 1.15. The molecule has 0 aromatic heterocycles. The molecule has 27 heavy (non-hydrogen) atoms. The van der Waals surface area contributed by atoms with Crippen molar-refractivity contribution < 1.29 is 19.1 Å². The van der Waals surface area contributed by atoms with E-state index in [9.17, 15) is 14.4 Å². The Balaban J connectivity index is 1.79. The molecule has 8 heteroatoms. The summed E-state index contributed by atoms with van der Waals surface area (Å²) in [5.41, 5.74) is -0.202. The first-order valence-electron chi connectivity index (χ1n) is 9.84. The van der Waals surface area contributed by atoms with Crippen molar-refractivity contribution in [3.8, 4) is 0 Å². The van der Waals surface area contributed by atoms with Gasteiger partial charge in [-0.15, -0.1) is 0 Å². The lowest BCUT2D eigenvalue weighted by Gasteiger charge is -2.46. The van der Waals surface area contributed by atoms with Gasteiger partial charge in [0, 0.05) is 36.3 Å². The molecule has 8 nitrogen and oxygen atoms in total. The summed E-state index contributed by atoms with van der Waals surface area (Å²) < 4.78 is 4.98. The molecule has 0 spiro atoms. The minimum Gasteiger partial charge on any atom is -0.450 e. The largest absolute Gasteiger partial charge is 0.450 e. The number of rotatable bonds is 3. The highest BCUT2D eigenvalue weighted by Gasteiger charge is 2.39. The van der Waals surface area contributed by atoms with Crippen molar-refractivity contribution in [2.75, 3.05) is 19.7 Å². The Morgan fingerprint density at radius 1 is 0.963 bits per heavy atom. The van der Waals surface area contributed by atoms with Crippen LogP contribution in [0, 0.1) is 0 Å². The molecular weight excluding hydrogens is 348 g/mol. The Morgan fingerprint density at radius 3 is 1.93 bits per heavy atom. The van der Waals surface area contributed by atoms with E-state index in [0.717, 1.165) is 12.8 Å². The fraction of sp³-hybridized carbons (Fsp3) is 0.842. The van der Waals surface area contributed by atoms with Crippen molar-refractivity contribution >= 4 is 17.9 Å². The topological polar surface area (TPSA) is 99.8 Å². The lowest BCUT2D eigenvalue weighted by molar-refractivity contribution is -0.140. The molecule has 3 N–H and O–H groups in total. The van der Waals surface area contributed by atoms with Gasteiger partial charge >= 0.3 is 17.9 Å². The van der Waals surface area contributed by atoms with Crippen molar-refractivity contribution in [2.45, 2.75) is 83.5 Å². The Labute approximate surface area is 161 Å². The summed E-state index contributed by atoms with van der Waals surface area (Å²) in [6, 6.07) is -0.144. The number of amides is 3. The van der Waals surface area contributed by atoms with E-state index in [2.05, 4.69) is 43.6 Å². The fourth-order valence-electron chi connectivity index (χ4n) is 4.35. The quantitative estimate of drug-likeness (QED) is 0.636. The van der Waals surface area contributed by atoms with Crippen LogP contribution in [0.1, 0.15) is 60.3 Å². The molecule has 0 aromatic carbocycles. The minimum atomic E-state index is -0.598. The maximum absolute atomic E-state index is 12.3. The molecule has 0 saturated carbocycles. The molecule has 3 amide bonds. The molecule has 0 atom stereocenters. The number of hydrogen-bond acceptors (Lipinski definition) is 5. The zero-order chi connectivity index (χ0) is 20.2. The van der Waals surface area contributed by atoms with Gasteiger partial charge in [-0.05, 0) is 60.3 Å². The maximum atomic E-state index is 12.3. The number of likely N-dealkylation sites (tertiary alicyclic amines) is 1. The lowest BCUT2D eigenvalue weighted by atomic mass is 9.79. The Bertz CT molecular complexity index is 552. The average Bonchev–Trinajstić information content (AvgIpc) is 2.52. The van der Waals surface area contributed by atoms with Crippen LogP contribution in [-0.4, -0.2) is 65.7 Å². The van der Waals surface area contributed by atoms with Crippen LogP contribution >= 0.6 is 0 Å². The van der Waals surface area contributed by atoms with E-state index in [-0.39, 0.29) is 29.3 Å². The molecule has 154 valence electrons. The predicted molar refractivity (Wildman–Crippen MR) is 102 cm³/mol. The molecule has 0 aromatic rings. The van der Waals surface area contributed by atoms with E-state index < -0.39 is 11.8 Å². The van der Waals surface area contributed by atoms with E-state index in [1.54, 1.807) is 11.8 Å². The van der Waals surface area contributed by atoms with Gasteiger partial charge in [-0.2, -0.15) is 0 Å². The van der Waals surface area contributed by atoms with Gasteiger partial charge in [0.05, 0.1) is 6.61 Å². The summed E-state index contributed by atoms with van der Waals surface area (Å²) in [7, 11) is 0. The summed E-state index contributed by atoms with van der Waals surface area (Å²) in [5, 5.41) is 9.24. The normalized spacial score (nSPS) is 22.8. The van der Waals surface area contributed by atoms with Gasteiger partial charge in [0.2, 0.25) is 0 Å². The number of piperidine rings is 2. The third kappa shape index (κ3) is 6.37. The van der Waals surface area contributed by atoms with E-state index in [1.807, 2.05) is 0 Å². The SMILES string of the molecule is CCOC(=O)N1CCC(NC(=O)C(=O)NC2CC(C)(C)NC(C)(C)C2)CC1. The Kier molecular flexibility index (Phi) is 6.72. The number of nitrogens with zero attached hydrogens (tertiary/aromatic N) is 1. The van der Waals surface area contributed by atoms with Gasteiger partial charge in [0.15, 0.2) is 0 Å². The highest BCUT2D eigenvalue weighted by Crippen LogP contribution is 2.28. The number of nitrogens with one attached hydrogen (secondary N) is 3. The third-order valence-electron chi connectivity index (χ3n) is 5.09. The second kappa shape index (κ2) is 8.46. The van der Waals surface area contributed by atoms with E-state index in [1.165, 1.54) is 0 Å². The highest BCUT2D eigenvalue weighted by atomic mass is 16.6. The van der Waals surface area contributed by atoms with Crippen molar-refractivity contribution in [1.29, 1.82) is 0 Å². The highest BCUT2D eigenvalue weighted by molar-refractivity contribution is 6.35. The first-order chi connectivity index (χ1) is 12.5. The van der Waals surface area contributed by atoms with Crippen LogP contribution in [0.15, 0.2) is 0 Å². The Hall–Kier alpha value is -1.83. The summed E-state index contributed by atoms with van der Waals surface area (Å²) in [5.74, 6) is -1.18. The molecule has 0 radical (unpaired) electrons. The molecule has 2 rings (SSSR count). The number of carbonyl (C=O) groups excluding carboxylic acids is 3. The van der Waals surface area contributed by atoms with Gasteiger partial charge in [0.1, 0.15) is 0 Å². The smallest absolute Gasteiger partial charge is 0.409 e. The number of carbonyl (C=O) groups is 3.